The van der Waals surface area contributed by atoms with E-state index in [9.17, 15) is 89.6 Å². The summed E-state index contributed by atoms with van der Waals surface area (Å²) in [5, 5.41) is 59.0. The van der Waals surface area contributed by atoms with Crippen LogP contribution in [0.4, 0.5) is 79.0 Å². The minimum absolute atomic E-state index is 0.0811. The van der Waals surface area contributed by atoms with E-state index < -0.39 is 91.7 Å². The molecule has 8 aromatic rings. The zero-order chi connectivity index (χ0) is 86.3. The Bertz CT molecular complexity index is 4640. The van der Waals surface area contributed by atoms with Crippen molar-refractivity contribution >= 4 is 54.0 Å². The zero-order valence-electron chi connectivity index (χ0n) is 60.9. The fourth-order valence-corrected chi connectivity index (χ4v) is 13.0. The highest BCUT2D eigenvalue weighted by molar-refractivity contribution is 6.76. The summed E-state index contributed by atoms with van der Waals surface area (Å²) in [5.41, 5.74) is 15.1. The van der Waals surface area contributed by atoms with Crippen LogP contribution in [0.15, 0.2) is 74.1 Å². The van der Waals surface area contributed by atoms with Crippen molar-refractivity contribution < 1.29 is 133 Å². The van der Waals surface area contributed by atoms with E-state index in [2.05, 4.69) is 91.5 Å². The maximum atomic E-state index is 13.3. The normalized spacial score (nSPS) is 18.3. The van der Waals surface area contributed by atoms with Crippen LogP contribution in [0.5, 0.6) is 11.8 Å². The number of hydrogen-bond acceptors (Lipinski definition) is 23. The van der Waals surface area contributed by atoms with Crippen LogP contribution < -0.4 is 20.9 Å². The van der Waals surface area contributed by atoms with Gasteiger partial charge in [-0.25, -0.2) is 49.1 Å². The topological polar surface area (TPSA) is 442 Å². The Kier molecular flexibility index (Phi) is 30.0. The van der Waals surface area contributed by atoms with E-state index in [4.69, 9.17) is 70.4 Å². The molecule has 2 aliphatic carbocycles. The predicted octanol–water partition coefficient (Wildman–Crippen LogP) is 11.1. The van der Waals surface area contributed by atoms with Gasteiger partial charge in [-0.15, -0.1) is 0 Å². The number of ether oxygens (including phenoxy) is 3. The molecule has 8 aromatic heterocycles. The number of rotatable bonds is 19. The van der Waals surface area contributed by atoms with Crippen molar-refractivity contribution in [3.8, 4) is 46.4 Å². The van der Waals surface area contributed by atoms with Gasteiger partial charge in [0.25, 0.3) is 0 Å². The predicted molar refractivity (Wildman–Crippen MR) is 365 cm³/mol. The van der Waals surface area contributed by atoms with Gasteiger partial charge in [0, 0.05) is 125 Å². The number of H-pyrrole nitrogens is 1. The number of halogens is 18. The van der Waals surface area contributed by atoms with Gasteiger partial charge in [0.2, 0.25) is 23.4 Å². The summed E-state index contributed by atoms with van der Waals surface area (Å²) in [7, 11) is -1.18. The third kappa shape index (κ3) is 25.3. The molecule has 2 saturated heterocycles. The van der Waals surface area contributed by atoms with Gasteiger partial charge in [0.05, 0.1) is 60.1 Å². The largest absolute Gasteiger partial charge is 0.490 e. The van der Waals surface area contributed by atoms with E-state index in [1.807, 2.05) is 50.9 Å². The highest BCUT2D eigenvalue weighted by atomic mass is 28.3. The van der Waals surface area contributed by atoms with Gasteiger partial charge < -0.3 is 55.7 Å². The number of fused-ring (bicyclic) bond motifs is 2. The molecular weight excluding hydrogens is 1620 g/mol. The van der Waals surface area contributed by atoms with Crippen LogP contribution in [0, 0.1) is 22.7 Å². The molecule has 12 rings (SSSR count). The summed E-state index contributed by atoms with van der Waals surface area (Å²) in [4.78, 5) is 75.3. The van der Waals surface area contributed by atoms with Crippen molar-refractivity contribution in [3.63, 3.8) is 0 Å². The molecule has 9 N–H and O–H groups in total. The maximum Gasteiger partial charge on any atom is 0.490 e. The number of nitrogens with two attached hydrogens (primary N) is 2. The molecule has 2 saturated carbocycles. The third-order valence-corrected chi connectivity index (χ3v) is 19.6. The van der Waals surface area contributed by atoms with Crippen LogP contribution in [-0.4, -0.2) is 213 Å². The van der Waals surface area contributed by atoms with Crippen LogP contribution in [0.3, 0.4) is 0 Å². The van der Waals surface area contributed by atoms with Crippen LogP contribution in [-0.2, 0) is 67.2 Å². The van der Waals surface area contributed by atoms with Gasteiger partial charge in [-0.3, -0.25) is 19.2 Å². The number of aromatic amines is 1. The molecule has 0 radical (unpaired) electrons. The lowest BCUT2D eigenvalue weighted by atomic mass is 9.82. The Labute approximate surface area is 644 Å². The van der Waals surface area contributed by atoms with Gasteiger partial charge in [-0.2, -0.15) is 110 Å². The van der Waals surface area contributed by atoms with Crippen molar-refractivity contribution in [1.82, 2.24) is 78.8 Å². The minimum Gasteiger partial charge on any atom is -0.475 e. The first-order valence-corrected chi connectivity index (χ1v) is 38.0. The number of likely N-dealkylation sites (tertiary alicyclic amines) is 2. The van der Waals surface area contributed by atoms with E-state index in [0.717, 1.165) is 82.9 Å². The molecule has 4 aliphatic rings. The lowest BCUT2D eigenvalue weighted by molar-refractivity contribution is -0.193. The monoisotopic (exact) mass is 1690 g/mol. The molecule has 0 aromatic carbocycles. The number of nitrogens with zero attached hydrogens (tertiary/aromatic N) is 17. The van der Waals surface area contributed by atoms with E-state index in [1.54, 1.807) is 18.7 Å². The van der Waals surface area contributed by atoms with Crippen LogP contribution >= 0.6 is 0 Å². The molecule has 31 nitrogen and oxygen atoms in total. The second-order valence-electron chi connectivity index (χ2n) is 27.6. The van der Waals surface area contributed by atoms with Crippen molar-refractivity contribution in [2.45, 2.75) is 182 Å². The Morgan fingerprint density at radius 2 is 0.940 bits per heavy atom. The minimum atomic E-state index is -5.08. The van der Waals surface area contributed by atoms with Crippen LogP contribution in [0.25, 0.3) is 44.6 Å². The standard InChI is InChI=1S/C32H41F3N10O2Si.C26H27F3N10O.4C2HF3O2/c1-48(2,3)13-12-46-21-43-11-8-26-28(38-20-39-29(26)43)22-16-40-45(17-22)31(9-10-36)18-44(19-31)24-4-6-25(7-5-24)47-27-14-23(15-37)41-30(42-27)32(33,34)35;27-26(28,29)24-36-17(10-31)9-21(37-24)40-19-3-1-18(2-4-19)38-13-25(14-38,6-7-30)39-12-16(11-35-39)22-20-5-8-32-23(20)34-15-33-22;4*3-2(4,5)1(6)7/h8,11,14,16-17,20,24-25H,4-7,9,12-13,15,18-19,21,37H2,1-3H3;5,8-9,11-12,15,18-19H,1-4,6,10,13-14,31H2,(H,32,33,34);4*(H,6,7). The Balaban J connectivity index is 0.000000243. The summed E-state index contributed by atoms with van der Waals surface area (Å²) in [6, 6.07) is 13.0. The summed E-state index contributed by atoms with van der Waals surface area (Å²) >= 11 is 0. The number of alkyl halides is 18. The van der Waals surface area contributed by atoms with Crippen molar-refractivity contribution in [2.75, 3.05) is 32.8 Å². The highest BCUT2D eigenvalue weighted by Crippen LogP contribution is 2.42. The number of nitrogens with one attached hydrogen (secondary N) is 1. The molecular formula is C66H72F18N20O11Si. The molecule has 10 heterocycles. The highest BCUT2D eigenvalue weighted by Gasteiger charge is 2.51. The molecule has 4 fully saturated rings. The van der Waals surface area contributed by atoms with E-state index >= 15 is 0 Å². The first kappa shape index (κ1) is 92.2. The van der Waals surface area contributed by atoms with Crippen LogP contribution in [0.1, 0.15) is 87.2 Å². The van der Waals surface area contributed by atoms with E-state index in [-0.39, 0.29) is 54.5 Å². The van der Waals surface area contributed by atoms with Gasteiger partial charge in [-0.05, 0) is 69.5 Å². The fourth-order valence-electron chi connectivity index (χ4n) is 12.2. The molecule has 50 heteroatoms. The molecule has 0 atom stereocenters. The number of aliphatic carboxylic acids is 4. The second-order valence-corrected chi connectivity index (χ2v) is 33.2. The average Bonchev–Trinajstić information content (AvgIpc) is 1.42. The summed E-state index contributed by atoms with van der Waals surface area (Å²) in [5.74, 6) is -13.7. The molecule has 0 unspecified atom stereocenters. The summed E-state index contributed by atoms with van der Waals surface area (Å²) < 4.78 is 230. The number of nitriles is 2. The molecule has 632 valence electrons. The van der Waals surface area contributed by atoms with E-state index in [1.165, 1.54) is 18.5 Å². The Morgan fingerprint density at radius 1 is 0.560 bits per heavy atom. The van der Waals surface area contributed by atoms with Crippen molar-refractivity contribution in [2.24, 2.45) is 11.5 Å². The van der Waals surface area contributed by atoms with Crippen molar-refractivity contribution in [3.05, 3.63) is 97.1 Å². The smallest absolute Gasteiger partial charge is 0.475 e. The SMILES string of the molecule is C[Si](C)(C)CCOCn1ccc2c(-c3cnn(C4(CC#N)CN(C5CCC(Oc6cc(CN)nc(C(F)(F)F)n6)CC5)C4)c3)ncnc21.N#CCC1(n2cc(-c3ncnc4[nH]ccc34)cn2)CN(C2CCC(Oc3cc(CN)nc(C(F)(F)F)n3)CC2)C1.O=C(O)C(F)(F)F.O=C(O)C(F)(F)F.O=C(O)C(F)(F)F.O=C(O)C(F)(F)F. The zero-order valence-corrected chi connectivity index (χ0v) is 61.9. The number of carboxylic acids is 4. The van der Waals surface area contributed by atoms with Gasteiger partial charge in [0.15, 0.2) is 0 Å². The average molecular weight is 1690 g/mol. The molecule has 0 spiro atoms. The third-order valence-electron chi connectivity index (χ3n) is 17.9. The molecule has 2 aliphatic heterocycles. The Hall–Kier alpha value is -11.0. The van der Waals surface area contributed by atoms with Gasteiger partial charge in [0.1, 0.15) is 54.0 Å². The molecule has 0 amide bonds. The summed E-state index contributed by atoms with van der Waals surface area (Å²) in [6.07, 6.45) is -9.22. The molecule has 0 bridgehead atoms. The number of carboxylic acid groups (broad SMARTS) is 4. The number of aromatic nitrogens is 14. The fraction of sp³-hybridized carbons (Fsp3) is 0.515. The number of carbonyl (C=O) groups is 4. The Morgan fingerprint density at radius 3 is 1.29 bits per heavy atom. The maximum absolute atomic E-state index is 13.3. The second kappa shape index (κ2) is 37.8. The molecule has 116 heavy (non-hydrogen) atoms. The number of hydrogen-bond donors (Lipinski definition) is 7. The lowest BCUT2D eigenvalue weighted by Gasteiger charge is -2.53. The van der Waals surface area contributed by atoms with Crippen LogP contribution in [0.2, 0.25) is 25.7 Å². The first-order chi connectivity index (χ1) is 53.9. The summed E-state index contributed by atoms with van der Waals surface area (Å²) in [6.45, 7) is 10.6. The first-order valence-electron chi connectivity index (χ1n) is 34.3. The quantitative estimate of drug-likeness (QED) is 0.0225. The van der Waals surface area contributed by atoms with Crippen molar-refractivity contribution in [1.29, 1.82) is 10.5 Å². The van der Waals surface area contributed by atoms with Gasteiger partial charge >= 0.3 is 60.9 Å². The van der Waals surface area contributed by atoms with E-state index in [0.29, 0.717) is 77.5 Å². The van der Waals surface area contributed by atoms with Gasteiger partial charge in [-0.1, -0.05) is 19.6 Å². The lowest BCUT2D eigenvalue weighted by Crippen LogP contribution is -2.65.